The molecule has 1 fully saturated rings. The van der Waals surface area contributed by atoms with Crippen molar-refractivity contribution in [3.05, 3.63) is 58.0 Å². The van der Waals surface area contributed by atoms with E-state index in [1.807, 2.05) is 0 Å². The Morgan fingerprint density at radius 2 is 2.08 bits per heavy atom. The molecule has 0 amide bonds. The van der Waals surface area contributed by atoms with Crippen LogP contribution in [0.2, 0.25) is 0 Å². The Bertz CT molecular complexity index is 731. The number of nitro groups is 1. The number of furan rings is 1. The van der Waals surface area contributed by atoms with Crippen LogP contribution in [0.15, 0.2) is 41.0 Å². The van der Waals surface area contributed by atoms with Crippen LogP contribution in [0.3, 0.4) is 0 Å². The molecule has 1 atom stereocenters. The van der Waals surface area contributed by atoms with Gasteiger partial charge in [-0.2, -0.15) is 13.2 Å². The molecule has 1 saturated heterocycles. The van der Waals surface area contributed by atoms with Gasteiger partial charge in [-0.25, -0.2) is 0 Å². The molecule has 128 valence electrons. The summed E-state index contributed by atoms with van der Waals surface area (Å²) in [6, 6.07) is 6.44. The van der Waals surface area contributed by atoms with Crippen LogP contribution in [0.1, 0.15) is 17.4 Å². The normalized spacial score (nSPS) is 18.6. The number of nitrogens with zero attached hydrogens (tertiary/aromatic N) is 2. The SMILES string of the molecule is O=[N+]([O-])c1ccc(N2CCOC(c3ccco3)C2)cc1C(F)(F)F. The van der Waals surface area contributed by atoms with Crippen molar-refractivity contribution in [3.63, 3.8) is 0 Å². The fourth-order valence-electron chi connectivity index (χ4n) is 2.64. The van der Waals surface area contributed by atoms with E-state index in [4.69, 9.17) is 9.15 Å². The van der Waals surface area contributed by atoms with Crippen molar-refractivity contribution in [2.45, 2.75) is 12.3 Å². The minimum atomic E-state index is -4.80. The summed E-state index contributed by atoms with van der Waals surface area (Å²) in [6.45, 7) is 0.985. The first-order valence-electron chi connectivity index (χ1n) is 7.12. The smallest absolute Gasteiger partial charge is 0.423 e. The van der Waals surface area contributed by atoms with Crippen molar-refractivity contribution in [2.24, 2.45) is 0 Å². The van der Waals surface area contributed by atoms with Crippen LogP contribution in [0.25, 0.3) is 0 Å². The number of alkyl halides is 3. The Balaban J connectivity index is 1.90. The molecule has 2 aromatic rings. The summed E-state index contributed by atoms with van der Waals surface area (Å²) in [7, 11) is 0. The fraction of sp³-hybridized carbons (Fsp3) is 0.333. The number of morpholine rings is 1. The summed E-state index contributed by atoms with van der Waals surface area (Å²) in [5.74, 6) is 0.581. The van der Waals surface area contributed by atoms with Crippen molar-refractivity contribution >= 4 is 11.4 Å². The Morgan fingerprint density at radius 3 is 2.71 bits per heavy atom. The van der Waals surface area contributed by atoms with Gasteiger partial charge < -0.3 is 14.1 Å². The van der Waals surface area contributed by atoms with E-state index in [2.05, 4.69) is 0 Å². The minimum Gasteiger partial charge on any atom is -0.467 e. The van der Waals surface area contributed by atoms with E-state index in [1.165, 1.54) is 12.3 Å². The molecular weight excluding hydrogens is 329 g/mol. The lowest BCUT2D eigenvalue weighted by atomic mass is 10.1. The molecular formula is C15H13F3N2O4. The van der Waals surface area contributed by atoms with Gasteiger partial charge in [0.05, 0.1) is 24.3 Å². The predicted molar refractivity (Wildman–Crippen MR) is 77.7 cm³/mol. The van der Waals surface area contributed by atoms with Crippen molar-refractivity contribution in [1.29, 1.82) is 0 Å². The third-order valence-corrected chi connectivity index (χ3v) is 3.77. The summed E-state index contributed by atoms with van der Waals surface area (Å²) in [5.41, 5.74) is -1.96. The number of anilines is 1. The van der Waals surface area contributed by atoms with E-state index in [-0.39, 0.29) is 5.69 Å². The van der Waals surface area contributed by atoms with Crippen LogP contribution in [-0.4, -0.2) is 24.6 Å². The fourth-order valence-corrected chi connectivity index (χ4v) is 2.64. The zero-order chi connectivity index (χ0) is 17.3. The van der Waals surface area contributed by atoms with Crippen LogP contribution < -0.4 is 4.90 Å². The molecule has 1 aliphatic heterocycles. The van der Waals surface area contributed by atoms with E-state index in [1.54, 1.807) is 17.0 Å². The number of hydrogen-bond acceptors (Lipinski definition) is 5. The molecule has 2 heterocycles. The average Bonchev–Trinajstić information content (AvgIpc) is 3.08. The lowest BCUT2D eigenvalue weighted by Gasteiger charge is -2.33. The highest BCUT2D eigenvalue weighted by Gasteiger charge is 2.39. The van der Waals surface area contributed by atoms with E-state index >= 15 is 0 Å². The summed E-state index contributed by atoms with van der Waals surface area (Å²) in [5, 5.41) is 10.8. The largest absolute Gasteiger partial charge is 0.467 e. The standard InChI is InChI=1S/C15H13F3N2O4/c16-15(17,18)11-8-10(3-4-12(11)20(21)22)19-5-7-24-14(9-19)13-2-1-6-23-13/h1-4,6,8,14H,5,7,9H2. The van der Waals surface area contributed by atoms with E-state index in [0.717, 1.165) is 12.1 Å². The molecule has 6 nitrogen and oxygen atoms in total. The highest BCUT2D eigenvalue weighted by Crippen LogP contribution is 2.39. The minimum absolute atomic E-state index is 0.257. The van der Waals surface area contributed by atoms with Crippen molar-refractivity contribution in [3.8, 4) is 0 Å². The first kappa shape index (κ1) is 16.3. The van der Waals surface area contributed by atoms with Crippen LogP contribution in [0, 0.1) is 10.1 Å². The van der Waals surface area contributed by atoms with Crippen LogP contribution in [0.4, 0.5) is 24.5 Å². The third-order valence-electron chi connectivity index (χ3n) is 3.77. The maximum absolute atomic E-state index is 13.1. The molecule has 1 aliphatic rings. The zero-order valence-electron chi connectivity index (χ0n) is 12.3. The topological polar surface area (TPSA) is 68.8 Å². The molecule has 9 heteroatoms. The molecule has 0 N–H and O–H groups in total. The molecule has 3 rings (SSSR count). The zero-order valence-corrected chi connectivity index (χ0v) is 12.3. The lowest BCUT2D eigenvalue weighted by molar-refractivity contribution is -0.388. The maximum Gasteiger partial charge on any atom is 0.423 e. The van der Waals surface area contributed by atoms with Gasteiger partial charge in [0.2, 0.25) is 0 Å². The van der Waals surface area contributed by atoms with Gasteiger partial charge in [-0.3, -0.25) is 10.1 Å². The second kappa shape index (κ2) is 6.16. The molecule has 1 unspecified atom stereocenters. The van der Waals surface area contributed by atoms with E-state index < -0.39 is 28.5 Å². The van der Waals surface area contributed by atoms with Gasteiger partial charge in [0.25, 0.3) is 5.69 Å². The Kier molecular flexibility index (Phi) is 4.18. The van der Waals surface area contributed by atoms with Gasteiger partial charge in [-0.15, -0.1) is 0 Å². The van der Waals surface area contributed by atoms with Gasteiger partial charge in [0.1, 0.15) is 17.4 Å². The average molecular weight is 342 g/mol. The molecule has 24 heavy (non-hydrogen) atoms. The second-order valence-corrected chi connectivity index (χ2v) is 5.28. The number of rotatable bonds is 3. The molecule has 0 aliphatic carbocycles. The van der Waals surface area contributed by atoms with Crippen molar-refractivity contribution < 1.29 is 27.2 Å². The third kappa shape index (κ3) is 3.21. The Labute approximate surface area is 134 Å². The Morgan fingerprint density at radius 1 is 1.29 bits per heavy atom. The highest BCUT2D eigenvalue weighted by molar-refractivity contribution is 5.57. The summed E-state index contributed by atoms with van der Waals surface area (Å²) < 4.78 is 50.1. The Hall–Kier alpha value is -2.55. The number of hydrogen-bond donors (Lipinski definition) is 0. The van der Waals surface area contributed by atoms with E-state index in [9.17, 15) is 23.3 Å². The van der Waals surface area contributed by atoms with Gasteiger partial charge in [0.15, 0.2) is 0 Å². The van der Waals surface area contributed by atoms with Crippen LogP contribution in [-0.2, 0) is 10.9 Å². The second-order valence-electron chi connectivity index (χ2n) is 5.28. The molecule has 1 aromatic carbocycles. The molecule has 0 radical (unpaired) electrons. The quantitative estimate of drug-likeness (QED) is 0.627. The molecule has 1 aromatic heterocycles. The van der Waals surface area contributed by atoms with Gasteiger partial charge in [-0.05, 0) is 24.3 Å². The summed E-state index contributed by atoms with van der Waals surface area (Å²) in [6.07, 6.45) is -3.71. The number of benzene rings is 1. The first-order chi connectivity index (χ1) is 11.4. The molecule has 0 bridgehead atoms. The van der Waals surface area contributed by atoms with Gasteiger partial charge in [0, 0.05) is 18.3 Å². The number of nitro benzene ring substituents is 1. The summed E-state index contributed by atoms with van der Waals surface area (Å²) in [4.78, 5) is 11.5. The van der Waals surface area contributed by atoms with Gasteiger partial charge >= 0.3 is 6.18 Å². The van der Waals surface area contributed by atoms with E-state index in [0.29, 0.717) is 25.5 Å². The number of ether oxygens (including phenoxy) is 1. The maximum atomic E-state index is 13.1. The molecule has 0 saturated carbocycles. The van der Waals surface area contributed by atoms with Crippen LogP contribution >= 0.6 is 0 Å². The lowest BCUT2D eigenvalue weighted by Crippen LogP contribution is -2.38. The molecule has 0 spiro atoms. The summed E-state index contributed by atoms with van der Waals surface area (Å²) >= 11 is 0. The van der Waals surface area contributed by atoms with Gasteiger partial charge in [-0.1, -0.05) is 0 Å². The monoisotopic (exact) mass is 342 g/mol. The van der Waals surface area contributed by atoms with Crippen LogP contribution in [0.5, 0.6) is 0 Å². The highest BCUT2D eigenvalue weighted by atomic mass is 19.4. The number of halogens is 3. The van der Waals surface area contributed by atoms with Crippen molar-refractivity contribution in [2.75, 3.05) is 24.6 Å². The first-order valence-corrected chi connectivity index (χ1v) is 7.12. The predicted octanol–water partition coefficient (Wildman–Crippen LogP) is 3.78. The van der Waals surface area contributed by atoms with Crippen molar-refractivity contribution in [1.82, 2.24) is 0 Å².